The Hall–Kier alpha value is -3.77. The summed E-state index contributed by atoms with van der Waals surface area (Å²) in [6.07, 6.45) is 7.90. The van der Waals surface area contributed by atoms with E-state index in [2.05, 4.69) is 81.7 Å². The molecule has 176 valence electrons. The maximum absolute atomic E-state index is 4.80. The summed E-state index contributed by atoms with van der Waals surface area (Å²) in [5.41, 5.74) is 6.34. The lowest BCUT2D eigenvalue weighted by Gasteiger charge is -2.36. The normalized spacial score (nSPS) is 14.9. The lowest BCUT2D eigenvalue weighted by molar-refractivity contribution is 0.231. The number of rotatable bonds is 5. The van der Waals surface area contributed by atoms with Gasteiger partial charge in [0.15, 0.2) is 0 Å². The third-order valence-corrected chi connectivity index (χ3v) is 6.84. The number of aromatic nitrogens is 4. The highest BCUT2D eigenvalue weighted by atomic mass is 15.3. The maximum Gasteiger partial charge on any atom is 0.137 e. The van der Waals surface area contributed by atoms with Gasteiger partial charge in [0.05, 0.1) is 17.4 Å². The van der Waals surface area contributed by atoms with Crippen molar-refractivity contribution in [2.45, 2.75) is 13.8 Å². The minimum Gasteiger partial charge on any atom is -0.354 e. The second kappa shape index (κ2) is 9.12. The van der Waals surface area contributed by atoms with Crippen molar-refractivity contribution in [1.82, 2.24) is 24.3 Å². The number of hydrogen-bond acceptors (Lipinski definition) is 5. The Kier molecular flexibility index (Phi) is 5.66. The van der Waals surface area contributed by atoms with Gasteiger partial charge in [0.2, 0.25) is 0 Å². The quantitative estimate of drug-likeness (QED) is 0.351. The molecule has 0 aliphatic carbocycles. The van der Waals surface area contributed by atoms with E-state index in [1.165, 1.54) is 6.54 Å². The Balaban J connectivity index is 1.23. The highest BCUT2D eigenvalue weighted by molar-refractivity contribution is 5.93. The molecule has 1 saturated heterocycles. The Bertz CT molecular complexity index is 1460. The van der Waals surface area contributed by atoms with E-state index in [4.69, 9.17) is 9.97 Å². The van der Waals surface area contributed by atoms with Gasteiger partial charge in [0.25, 0.3) is 0 Å². The van der Waals surface area contributed by atoms with Crippen molar-refractivity contribution in [3.8, 4) is 22.4 Å². The monoisotopic (exact) mass is 462 g/mol. The van der Waals surface area contributed by atoms with Crippen LogP contribution >= 0.6 is 0 Å². The first-order valence-electron chi connectivity index (χ1n) is 12.4. The molecule has 0 atom stereocenters. The fourth-order valence-electron chi connectivity index (χ4n) is 5.10. The zero-order chi connectivity index (χ0) is 23.8. The molecule has 0 N–H and O–H groups in total. The second-order valence-corrected chi connectivity index (χ2v) is 9.75. The van der Waals surface area contributed by atoms with E-state index in [0.717, 1.165) is 70.9 Å². The molecule has 0 saturated carbocycles. The number of nitrogens with zero attached hydrogens (tertiary/aromatic N) is 6. The molecule has 6 heteroatoms. The number of imidazole rings is 1. The van der Waals surface area contributed by atoms with Crippen molar-refractivity contribution in [3.63, 3.8) is 0 Å². The van der Waals surface area contributed by atoms with Crippen molar-refractivity contribution in [2.24, 2.45) is 5.92 Å². The number of hydrogen-bond donors (Lipinski definition) is 0. The van der Waals surface area contributed by atoms with Gasteiger partial charge in [-0.3, -0.25) is 14.3 Å². The predicted molar refractivity (Wildman–Crippen MR) is 143 cm³/mol. The molecule has 1 aliphatic rings. The summed E-state index contributed by atoms with van der Waals surface area (Å²) in [7, 11) is 0. The average Bonchev–Trinajstić information content (AvgIpc) is 3.32. The van der Waals surface area contributed by atoms with Crippen LogP contribution in [0.2, 0.25) is 0 Å². The van der Waals surface area contributed by atoms with Gasteiger partial charge in [-0.1, -0.05) is 32.0 Å². The minimum absolute atomic E-state index is 0.714. The van der Waals surface area contributed by atoms with Crippen LogP contribution in [0.1, 0.15) is 13.8 Å². The van der Waals surface area contributed by atoms with Gasteiger partial charge in [-0.25, -0.2) is 9.97 Å². The van der Waals surface area contributed by atoms with Crippen molar-refractivity contribution in [2.75, 3.05) is 37.6 Å². The van der Waals surface area contributed by atoms with E-state index < -0.39 is 0 Å². The summed E-state index contributed by atoms with van der Waals surface area (Å²) in [6.45, 7) is 10.0. The summed E-state index contributed by atoms with van der Waals surface area (Å²) in [5, 5.41) is 1.13. The fourth-order valence-corrected chi connectivity index (χ4v) is 5.10. The largest absolute Gasteiger partial charge is 0.354 e. The molecule has 0 radical (unpaired) electrons. The summed E-state index contributed by atoms with van der Waals surface area (Å²) in [5.74, 6) is 1.78. The third-order valence-electron chi connectivity index (χ3n) is 6.84. The van der Waals surface area contributed by atoms with Crippen molar-refractivity contribution >= 4 is 22.4 Å². The summed E-state index contributed by atoms with van der Waals surface area (Å²) in [4.78, 5) is 19.0. The molecule has 4 aromatic heterocycles. The van der Waals surface area contributed by atoms with Gasteiger partial charge in [0.1, 0.15) is 11.5 Å². The molecule has 35 heavy (non-hydrogen) atoms. The van der Waals surface area contributed by atoms with Gasteiger partial charge in [-0.2, -0.15) is 0 Å². The molecule has 5 heterocycles. The van der Waals surface area contributed by atoms with Crippen molar-refractivity contribution < 1.29 is 0 Å². The van der Waals surface area contributed by atoms with E-state index in [1.54, 1.807) is 0 Å². The molecule has 0 unspecified atom stereocenters. The molecule has 6 nitrogen and oxygen atoms in total. The van der Waals surface area contributed by atoms with E-state index >= 15 is 0 Å². The maximum atomic E-state index is 4.80. The van der Waals surface area contributed by atoms with Crippen LogP contribution in [0.4, 0.5) is 5.82 Å². The summed E-state index contributed by atoms with van der Waals surface area (Å²) >= 11 is 0. The Labute approximate surface area is 205 Å². The number of benzene rings is 1. The van der Waals surface area contributed by atoms with E-state index in [0.29, 0.717) is 5.92 Å². The summed E-state index contributed by atoms with van der Waals surface area (Å²) in [6, 6.07) is 18.9. The molecule has 6 rings (SSSR count). The molecule has 1 aliphatic heterocycles. The van der Waals surface area contributed by atoms with Gasteiger partial charge < -0.3 is 4.90 Å². The number of para-hydroxylation sites is 1. The molecule has 5 aromatic rings. The fraction of sp³-hybridized carbons (Fsp3) is 0.276. The molecule has 1 aromatic carbocycles. The van der Waals surface area contributed by atoms with E-state index in [-0.39, 0.29) is 0 Å². The van der Waals surface area contributed by atoms with Crippen LogP contribution in [0, 0.1) is 5.92 Å². The van der Waals surface area contributed by atoms with Crippen LogP contribution in [0.5, 0.6) is 0 Å². The average molecular weight is 463 g/mol. The van der Waals surface area contributed by atoms with E-state index in [9.17, 15) is 0 Å². The zero-order valence-corrected chi connectivity index (χ0v) is 20.3. The molecular formula is C29H30N6. The van der Waals surface area contributed by atoms with Crippen LogP contribution in [0.15, 0.2) is 79.4 Å². The van der Waals surface area contributed by atoms with Crippen LogP contribution in [0.3, 0.4) is 0 Å². The molecular weight excluding hydrogens is 432 g/mol. The van der Waals surface area contributed by atoms with Crippen molar-refractivity contribution in [1.29, 1.82) is 0 Å². The number of piperazine rings is 1. The topological polar surface area (TPSA) is 49.6 Å². The Morgan fingerprint density at radius 1 is 0.829 bits per heavy atom. The SMILES string of the molecule is CC(C)CN1CCN(c2ccc(-c3ccn4c(-c5ccnc6ccccc56)cnc4c3)cn2)CC1. The highest BCUT2D eigenvalue weighted by Gasteiger charge is 2.18. The number of anilines is 1. The second-order valence-electron chi connectivity index (χ2n) is 9.75. The van der Waals surface area contributed by atoms with Crippen LogP contribution in [-0.2, 0) is 0 Å². The number of pyridine rings is 3. The smallest absolute Gasteiger partial charge is 0.137 e. The Morgan fingerprint density at radius 2 is 1.69 bits per heavy atom. The highest BCUT2D eigenvalue weighted by Crippen LogP contribution is 2.30. The van der Waals surface area contributed by atoms with Crippen molar-refractivity contribution in [3.05, 3.63) is 79.4 Å². The molecule has 1 fully saturated rings. The molecule has 0 amide bonds. The van der Waals surface area contributed by atoms with Gasteiger partial charge in [-0.15, -0.1) is 0 Å². The molecule has 0 spiro atoms. The first-order valence-corrected chi connectivity index (χ1v) is 12.4. The van der Waals surface area contributed by atoms with Gasteiger partial charge in [0, 0.05) is 67.8 Å². The third kappa shape index (κ3) is 4.26. The number of fused-ring (bicyclic) bond motifs is 2. The summed E-state index contributed by atoms with van der Waals surface area (Å²) < 4.78 is 2.14. The first-order chi connectivity index (χ1) is 17.2. The molecule has 0 bridgehead atoms. The van der Waals surface area contributed by atoms with Crippen LogP contribution in [-0.4, -0.2) is 57.0 Å². The van der Waals surface area contributed by atoms with Crippen LogP contribution in [0.25, 0.3) is 38.9 Å². The predicted octanol–water partition coefficient (Wildman–Crippen LogP) is 5.39. The van der Waals surface area contributed by atoms with Gasteiger partial charge >= 0.3 is 0 Å². The first kappa shape index (κ1) is 21.7. The van der Waals surface area contributed by atoms with Crippen LogP contribution < -0.4 is 4.90 Å². The van der Waals surface area contributed by atoms with E-state index in [1.807, 2.05) is 30.7 Å². The zero-order valence-electron chi connectivity index (χ0n) is 20.3. The van der Waals surface area contributed by atoms with Gasteiger partial charge in [-0.05, 0) is 47.9 Å². The lowest BCUT2D eigenvalue weighted by atomic mass is 10.1. The Morgan fingerprint density at radius 3 is 2.49 bits per heavy atom. The standard InChI is InChI=1S/C29H30N6/c1-21(2)20-33-13-15-34(16-14-33)28-8-7-23(18-31-28)22-10-12-35-27(19-32-29(35)17-22)25-9-11-30-26-6-4-3-5-24(25)26/h3-12,17-19,21H,13-16,20H2,1-2H3. The minimum atomic E-state index is 0.714. The lowest BCUT2D eigenvalue weighted by Crippen LogP contribution is -2.47.